The second kappa shape index (κ2) is 8.93. The van der Waals surface area contributed by atoms with Gasteiger partial charge in [0, 0.05) is 37.5 Å². The molecular formula is C16H27FN2O. The first-order chi connectivity index (χ1) is 9.65. The van der Waals surface area contributed by atoms with Gasteiger partial charge in [-0.2, -0.15) is 0 Å². The summed E-state index contributed by atoms with van der Waals surface area (Å²) in [4.78, 5) is 2.16. The highest BCUT2D eigenvalue weighted by molar-refractivity contribution is 5.55. The fourth-order valence-electron chi connectivity index (χ4n) is 2.34. The molecule has 0 saturated carbocycles. The van der Waals surface area contributed by atoms with E-state index in [0.29, 0.717) is 6.61 Å². The van der Waals surface area contributed by atoms with Crippen LogP contribution in [0.5, 0.6) is 0 Å². The molecule has 1 N–H and O–H groups in total. The Morgan fingerprint density at radius 1 is 1.35 bits per heavy atom. The first-order valence-electron chi connectivity index (χ1n) is 7.41. The van der Waals surface area contributed by atoms with Crippen molar-refractivity contribution in [3.63, 3.8) is 0 Å². The number of nitrogens with one attached hydrogen (secondary N) is 1. The molecule has 1 atom stereocenters. The maximum absolute atomic E-state index is 14.2. The van der Waals surface area contributed by atoms with Crippen molar-refractivity contribution < 1.29 is 9.13 Å². The highest BCUT2D eigenvalue weighted by Gasteiger charge is 2.18. The molecule has 1 aromatic carbocycles. The fourth-order valence-corrected chi connectivity index (χ4v) is 2.34. The molecule has 0 aliphatic heterocycles. The van der Waals surface area contributed by atoms with Gasteiger partial charge in [0.25, 0.3) is 0 Å². The molecule has 3 nitrogen and oxygen atoms in total. The molecule has 0 heterocycles. The Balaban J connectivity index is 3.01. The van der Waals surface area contributed by atoms with E-state index >= 15 is 0 Å². The Labute approximate surface area is 122 Å². The molecule has 0 aliphatic carbocycles. The maximum atomic E-state index is 14.2. The third-order valence-electron chi connectivity index (χ3n) is 3.45. The van der Waals surface area contributed by atoms with Gasteiger partial charge < -0.3 is 15.0 Å². The first-order valence-corrected chi connectivity index (χ1v) is 7.41. The third kappa shape index (κ3) is 4.46. The molecule has 0 amide bonds. The zero-order chi connectivity index (χ0) is 15.0. The quantitative estimate of drug-likeness (QED) is 0.751. The third-order valence-corrected chi connectivity index (χ3v) is 3.45. The summed E-state index contributed by atoms with van der Waals surface area (Å²) in [5.74, 6) is -0.144. The molecule has 0 radical (unpaired) electrons. The molecule has 1 rings (SSSR count). The number of likely N-dealkylation sites (N-methyl/N-ethyl adjacent to an activating group) is 1. The van der Waals surface area contributed by atoms with Crippen molar-refractivity contribution in [3.05, 3.63) is 29.6 Å². The average Bonchev–Trinajstić information content (AvgIpc) is 2.45. The molecule has 0 aromatic heterocycles. The largest absolute Gasteiger partial charge is 0.383 e. The second-order valence-corrected chi connectivity index (χ2v) is 4.92. The fraction of sp³-hybridized carbons (Fsp3) is 0.625. The van der Waals surface area contributed by atoms with Gasteiger partial charge in [0.1, 0.15) is 5.82 Å². The number of nitrogens with zero attached hydrogens (tertiary/aromatic N) is 1. The molecule has 0 aliphatic rings. The lowest BCUT2D eigenvalue weighted by Gasteiger charge is -2.28. The Kier molecular flexibility index (Phi) is 7.55. The summed E-state index contributed by atoms with van der Waals surface area (Å²) in [6, 6.07) is 5.30. The molecule has 1 unspecified atom stereocenters. The van der Waals surface area contributed by atoms with Crippen LogP contribution >= 0.6 is 0 Å². The molecule has 0 saturated heterocycles. The normalized spacial score (nSPS) is 12.4. The summed E-state index contributed by atoms with van der Waals surface area (Å²) in [6.07, 6.45) is 1.04. The van der Waals surface area contributed by atoms with Crippen LogP contribution in [0.2, 0.25) is 0 Å². The Morgan fingerprint density at radius 2 is 2.10 bits per heavy atom. The summed E-state index contributed by atoms with van der Waals surface area (Å²) in [7, 11) is 1.69. The molecular weight excluding hydrogens is 255 g/mol. The van der Waals surface area contributed by atoms with Crippen molar-refractivity contribution in [1.29, 1.82) is 0 Å². The minimum Gasteiger partial charge on any atom is -0.383 e. The van der Waals surface area contributed by atoms with E-state index < -0.39 is 0 Å². The van der Waals surface area contributed by atoms with Crippen LogP contribution < -0.4 is 10.2 Å². The van der Waals surface area contributed by atoms with Crippen LogP contribution in [0.4, 0.5) is 10.1 Å². The van der Waals surface area contributed by atoms with Gasteiger partial charge in [-0.3, -0.25) is 0 Å². The van der Waals surface area contributed by atoms with Gasteiger partial charge in [-0.1, -0.05) is 13.0 Å². The van der Waals surface area contributed by atoms with Crippen LogP contribution in [0.3, 0.4) is 0 Å². The van der Waals surface area contributed by atoms with Crippen LogP contribution in [-0.4, -0.2) is 33.4 Å². The zero-order valence-corrected chi connectivity index (χ0v) is 13.1. The number of halogens is 1. The van der Waals surface area contributed by atoms with Gasteiger partial charge in [-0.05, 0) is 38.9 Å². The van der Waals surface area contributed by atoms with Crippen LogP contribution in [0.15, 0.2) is 18.2 Å². The zero-order valence-electron chi connectivity index (χ0n) is 13.1. The maximum Gasteiger partial charge on any atom is 0.130 e. The van der Waals surface area contributed by atoms with Crippen molar-refractivity contribution in [2.75, 3.05) is 38.3 Å². The summed E-state index contributed by atoms with van der Waals surface area (Å²) in [5.41, 5.74) is 1.71. The van der Waals surface area contributed by atoms with Crippen LogP contribution in [0.25, 0.3) is 0 Å². The van der Waals surface area contributed by atoms with E-state index in [1.54, 1.807) is 13.2 Å². The summed E-state index contributed by atoms with van der Waals surface area (Å²) in [5, 5.41) is 3.37. The number of benzene rings is 1. The van der Waals surface area contributed by atoms with E-state index in [1.807, 2.05) is 13.0 Å². The summed E-state index contributed by atoms with van der Waals surface area (Å²) >= 11 is 0. The highest BCUT2D eigenvalue weighted by Crippen LogP contribution is 2.29. The average molecular weight is 282 g/mol. The van der Waals surface area contributed by atoms with Crippen molar-refractivity contribution in [1.82, 2.24) is 5.32 Å². The van der Waals surface area contributed by atoms with E-state index in [0.717, 1.165) is 37.3 Å². The molecule has 0 fully saturated rings. The number of rotatable bonds is 9. The van der Waals surface area contributed by atoms with Crippen LogP contribution in [0, 0.1) is 5.82 Å². The minimum absolute atomic E-state index is 0.00254. The highest BCUT2D eigenvalue weighted by atomic mass is 19.1. The number of ether oxygens (including phenoxy) is 1. The minimum atomic E-state index is -0.144. The topological polar surface area (TPSA) is 24.5 Å². The smallest absolute Gasteiger partial charge is 0.130 e. The van der Waals surface area contributed by atoms with E-state index in [9.17, 15) is 4.39 Å². The SMILES string of the molecule is CCCNC(C)c1c(F)cccc1N(CC)CCOC. The molecule has 20 heavy (non-hydrogen) atoms. The van der Waals surface area contributed by atoms with E-state index in [-0.39, 0.29) is 11.9 Å². The first kappa shape index (κ1) is 16.9. The second-order valence-electron chi connectivity index (χ2n) is 4.92. The number of anilines is 1. The van der Waals surface area contributed by atoms with Gasteiger partial charge in [-0.15, -0.1) is 0 Å². The molecule has 4 heteroatoms. The Hall–Kier alpha value is -1.13. The number of hydrogen-bond donors (Lipinski definition) is 1. The van der Waals surface area contributed by atoms with Gasteiger partial charge in [0.2, 0.25) is 0 Å². The van der Waals surface area contributed by atoms with E-state index in [1.165, 1.54) is 6.07 Å². The lowest BCUT2D eigenvalue weighted by Crippen LogP contribution is -2.30. The molecule has 114 valence electrons. The lowest BCUT2D eigenvalue weighted by atomic mass is 10.0. The van der Waals surface area contributed by atoms with Crippen LogP contribution in [-0.2, 0) is 4.74 Å². The van der Waals surface area contributed by atoms with E-state index in [4.69, 9.17) is 4.74 Å². The monoisotopic (exact) mass is 282 g/mol. The predicted octanol–water partition coefficient (Wildman–Crippen LogP) is 3.36. The lowest BCUT2D eigenvalue weighted by molar-refractivity contribution is 0.205. The molecule has 0 bridgehead atoms. The van der Waals surface area contributed by atoms with Gasteiger partial charge in [0.05, 0.1) is 6.61 Å². The number of methoxy groups -OCH3 is 1. The number of hydrogen-bond acceptors (Lipinski definition) is 3. The molecule has 0 spiro atoms. The van der Waals surface area contributed by atoms with Gasteiger partial charge in [0.15, 0.2) is 0 Å². The molecule has 1 aromatic rings. The standard InChI is InChI=1S/C16H27FN2O/c1-5-10-18-13(3)16-14(17)8-7-9-15(16)19(6-2)11-12-20-4/h7-9,13,18H,5-6,10-12H2,1-4H3. The van der Waals surface area contributed by atoms with E-state index in [2.05, 4.69) is 24.1 Å². The van der Waals surface area contributed by atoms with Gasteiger partial charge >= 0.3 is 0 Å². The Morgan fingerprint density at radius 3 is 2.70 bits per heavy atom. The van der Waals surface area contributed by atoms with Crippen molar-refractivity contribution in [3.8, 4) is 0 Å². The summed E-state index contributed by atoms with van der Waals surface area (Å²) in [6.45, 7) is 9.33. The predicted molar refractivity (Wildman–Crippen MR) is 82.9 cm³/mol. The van der Waals surface area contributed by atoms with Crippen molar-refractivity contribution >= 4 is 5.69 Å². The Bertz CT molecular complexity index is 398. The van der Waals surface area contributed by atoms with Crippen molar-refractivity contribution in [2.24, 2.45) is 0 Å². The summed E-state index contributed by atoms with van der Waals surface area (Å²) < 4.78 is 19.4. The van der Waals surface area contributed by atoms with Crippen molar-refractivity contribution in [2.45, 2.75) is 33.2 Å². The van der Waals surface area contributed by atoms with Crippen LogP contribution in [0.1, 0.15) is 38.8 Å². The van der Waals surface area contributed by atoms with Gasteiger partial charge in [-0.25, -0.2) is 4.39 Å².